The second-order valence-corrected chi connectivity index (χ2v) is 6.48. The molecule has 125 valence electrons. The van der Waals surface area contributed by atoms with E-state index in [4.69, 9.17) is 0 Å². The van der Waals surface area contributed by atoms with E-state index in [0.717, 1.165) is 42.8 Å². The van der Waals surface area contributed by atoms with Gasteiger partial charge in [0.1, 0.15) is 12.7 Å². The topological polar surface area (TPSA) is 65.4 Å². The molecule has 7 heteroatoms. The Kier molecular flexibility index (Phi) is 3.22. The molecule has 0 saturated heterocycles. The normalized spacial score (nSPS) is 19.6. The van der Waals surface area contributed by atoms with Crippen LogP contribution in [0.2, 0.25) is 0 Å². The number of aliphatic imine (C=N–C) groups is 1. The number of hydrogen-bond donors (Lipinski definition) is 2. The number of aromatic amines is 1. The van der Waals surface area contributed by atoms with E-state index >= 15 is 0 Å². The molecule has 0 amide bonds. The summed E-state index contributed by atoms with van der Waals surface area (Å²) in [4.78, 5) is 6.58. The number of hydrazine groups is 1. The van der Waals surface area contributed by atoms with Crippen molar-refractivity contribution in [1.82, 2.24) is 25.1 Å². The predicted octanol–water partition coefficient (Wildman–Crippen LogP) is 2.20. The molecule has 0 unspecified atom stereocenters. The summed E-state index contributed by atoms with van der Waals surface area (Å²) in [5.41, 5.74) is 3.81. The number of nitrogens with zero attached hydrogens (tertiary/aromatic N) is 5. The third-order valence-electron chi connectivity index (χ3n) is 4.70. The van der Waals surface area contributed by atoms with Crippen LogP contribution in [0, 0.1) is 6.92 Å². The fourth-order valence-corrected chi connectivity index (χ4v) is 3.45. The highest BCUT2D eigenvalue weighted by molar-refractivity contribution is 5.93. The lowest BCUT2D eigenvalue weighted by atomic mass is 10.1. The Bertz CT molecular complexity index is 883. The zero-order valence-electron chi connectivity index (χ0n) is 14.0. The number of fused-ring (bicyclic) bond motifs is 2. The summed E-state index contributed by atoms with van der Waals surface area (Å²) in [5.74, 6) is 2.75. The summed E-state index contributed by atoms with van der Waals surface area (Å²) in [6.07, 6.45) is 5.94. The van der Waals surface area contributed by atoms with E-state index < -0.39 is 0 Å². The van der Waals surface area contributed by atoms with Gasteiger partial charge in [0, 0.05) is 24.8 Å². The Hall–Kier alpha value is -2.90. The second kappa shape index (κ2) is 5.58. The van der Waals surface area contributed by atoms with Gasteiger partial charge in [0.15, 0.2) is 12.0 Å². The van der Waals surface area contributed by atoms with Gasteiger partial charge in [-0.15, -0.1) is 0 Å². The first kappa shape index (κ1) is 14.4. The average Bonchev–Trinajstić information content (AvgIpc) is 3.33. The fourth-order valence-electron chi connectivity index (χ4n) is 3.45. The number of benzene rings is 1. The lowest BCUT2D eigenvalue weighted by Gasteiger charge is -2.32. The minimum absolute atomic E-state index is 0.756. The number of amidine groups is 1. The molecule has 1 radical (unpaired) electrons. The van der Waals surface area contributed by atoms with Crippen molar-refractivity contribution in [3.05, 3.63) is 71.6 Å². The molecule has 0 fully saturated rings. The lowest BCUT2D eigenvalue weighted by Crippen LogP contribution is -2.49. The molecular formula is C18H19N7+. The van der Waals surface area contributed by atoms with Crippen LogP contribution in [-0.2, 0) is 13.1 Å². The van der Waals surface area contributed by atoms with E-state index in [9.17, 15) is 0 Å². The summed E-state index contributed by atoms with van der Waals surface area (Å²) in [6, 6.07) is 10.6. The number of aryl methyl sites for hydroxylation is 1. The van der Waals surface area contributed by atoms with E-state index in [1.54, 1.807) is 0 Å². The van der Waals surface area contributed by atoms with Gasteiger partial charge in [-0.3, -0.25) is 15.4 Å². The largest absolute Gasteiger partial charge is 0.293 e. The standard InChI is InChI=1S/C18H19N7/c1-13-8-16(22-21-13)20-18-12-24(11-17-19-6-7-25(17)18)23-9-14-4-2-3-5-15(14)10-23/h2-8,12H,9-11H2,1H3,(H2,20,21,22)/q+1. The molecule has 0 saturated carbocycles. The lowest BCUT2D eigenvalue weighted by molar-refractivity contribution is 0.0268. The number of aromatic nitrogens is 2. The van der Waals surface area contributed by atoms with Crippen molar-refractivity contribution in [2.24, 2.45) is 4.99 Å². The fraction of sp³-hybridized carbons (Fsp3) is 0.222. The Morgan fingerprint density at radius 2 is 1.96 bits per heavy atom. The van der Waals surface area contributed by atoms with Crippen molar-refractivity contribution in [3.63, 3.8) is 0 Å². The maximum Gasteiger partial charge on any atom is 0.285 e. The number of anilines is 1. The minimum atomic E-state index is 0.756. The van der Waals surface area contributed by atoms with Crippen LogP contribution in [0.5, 0.6) is 0 Å². The van der Waals surface area contributed by atoms with E-state index in [2.05, 4.69) is 65.9 Å². The zero-order valence-corrected chi connectivity index (χ0v) is 14.0. The molecule has 1 aromatic carbocycles. The van der Waals surface area contributed by atoms with Gasteiger partial charge in [-0.2, -0.15) is 10.1 Å². The molecule has 3 aliphatic heterocycles. The molecule has 7 nitrogen and oxygen atoms in total. The van der Waals surface area contributed by atoms with Crippen LogP contribution in [0.1, 0.15) is 16.8 Å². The van der Waals surface area contributed by atoms with Crippen LogP contribution in [0.4, 0.5) is 5.82 Å². The molecule has 4 heterocycles. The summed E-state index contributed by atoms with van der Waals surface area (Å²) >= 11 is 0. The van der Waals surface area contributed by atoms with Gasteiger partial charge in [-0.25, -0.2) is 5.01 Å². The third-order valence-corrected chi connectivity index (χ3v) is 4.70. The van der Waals surface area contributed by atoms with E-state index in [0.29, 0.717) is 0 Å². The van der Waals surface area contributed by atoms with Crippen LogP contribution in [0.3, 0.4) is 0 Å². The van der Waals surface area contributed by atoms with Gasteiger partial charge in [0.25, 0.3) is 11.7 Å². The van der Waals surface area contributed by atoms with Crippen LogP contribution < -0.4 is 10.2 Å². The number of nitrogens with one attached hydrogen (secondary N) is 2. The van der Waals surface area contributed by atoms with E-state index in [1.807, 2.05) is 25.4 Å². The van der Waals surface area contributed by atoms with Gasteiger partial charge >= 0.3 is 0 Å². The Labute approximate surface area is 145 Å². The molecule has 25 heavy (non-hydrogen) atoms. The van der Waals surface area contributed by atoms with Gasteiger partial charge in [-0.1, -0.05) is 24.3 Å². The predicted molar refractivity (Wildman–Crippen MR) is 96.1 cm³/mol. The van der Waals surface area contributed by atoms with Crippen molar-refractivity contribution in [1.29, 1.82) is 0 Å². The van der Waals surface area contributed by atoms with Gasteiger partial charge in [0.05, 0.1) is 6.20 Å². The van der Waals surface area contributed by atoms with Gasteiger partial charge < -0.3 is 0 Å². The summed E-state index contributed by atoms with van der Waals surface area (Å²) < 4.78 is 0. The first-order valence-corrected chi connectivity index (χ1v) is 8.38. The molecule has 2 N–H and O–H groups in total. The van der Waals surface area contributed by atoms with Gasteiger partial charge in [-0.05, 0) is 23.0 Å². The maximum atomic E-state index is 4.51. The minimum Gasteiger partial charge on any atom is -0.293 e. The van der Waals surface area contributed by atoms with Crippen molar-refractivity contribution in [2.75, 3.05) is 11.9 Å². The average molecular weight is 333 g/mol. The number of H-pyrrole nitrogens is 1. The Balaban J connectivity index is 1.43. The van der Waals surface area contributed by atoms with Crippen LogP contribution in [-0.4, -0.2) is 32.6 Å². The zero-order chi connectivity index (χ0) is 16.8. The smallest absolute Gasteiger partial charge is 0.285 e. The highest BCUT2D eigenvalue weighted by Gasteiger charge is 2.39. The van der Waals surface area contributed by atoms with Crippen LogP contribution >= 0.6 is 0 Å². The Morgan fingerprint density at radius 3 is 2.68 bits per heavy atom. The number of rotatable bonds is 3. The third kappa shape index (κ3) is 2.54. The quantitative estimate of drug-likeness (QED) is 0.845. The van der Waals surface area contributed by atoms with Crippen molar-refractivity contribution in [2.45, 2.75) is 20.0 Å². The van der Waals surface area contributed by atoms with Crippen LogP contribution in [0.15, 0.2) is 59.7 Å². The van der Waals surface area contributed by atoms with E-state index in [-0.39, 0.29) is 0 Å². The van der Waals surface area contributed by atoms with Gasteiger partial charge in [0.2, 0.25) is 0 Å². The SMILES string of the molecule is Cc1cc(NC2=CN(N3Cc4ccccc4C3)CC3=NC=C[N+]23)n[nH]1. The molecular weight excluding hydrogens is 314 g/mol. The summed E-state index contributed by atoms with van der Waals surface area (Å²) in [7, 11) is 0. The highest BCUT2D eigenvalue weighted by Crippen LogP contribution is 2.27. The second-order valence-electron chi connectivity index (χ2n) is 6.48. The highest BCUT2D eigenvalue weighted by atomic mass is 15.6. The van der Waals surface area contributed by atoms with Crippen molar-refractivity contribution in [3.8, 4) is 0 Å². The molecule has 0 aliphatic carbocycles. The number of hydrogen-bond acceptors (Lipinski definition) is 6. The molecule has 1 aromatic heterocycles. The first-order chi connectivity index (χ1) is 12.3. The molecule has 5 rings (SSSR count). The van der Waals surface area contributed by atoms with Crippen molar-refractivity contribution >= 4 is 11.7 Å². The molecule has 0 spiro atoms. The van der Waals surface area contributed by atoms with Crippen LogP contribution in [0.25, 0.3) is 0 Å². The monoisotopic (exact) mass is 333 g/mol. The Morgan fingerprint density at radius 1 is 1.16 bits per heavy atom. The summed E-state index contributed by atoms with van der Waals surface area (Å²) in [5, 5.41) is 15.2. The molecule has 2 aromatic rings. The maximum absolute atomic E-state index is 4.51. The van der Waals surface area contributed by atoms with Crippen molar-refractivity contribution < 1.29 is 0 Å². The summed E-state index contributed by atoms with van der Waals surface area (Å²) in [6.45, 7) is 4.58. The first-order valence-electron chi connectivity index (χ1n) is 8.38. The molecule has 3 aliphatic rings. The molecule has 0 atom stereocenters. The molecule has 0 bridgehead atoms. The van der Waals surface area contributed by atoms with E-state index in [1.165, 1.54) is 11.1 Å².